The molecule has 5 heteroatoms. The van der Waals surface area contributed by atoms with Gasteiger partial charge in [0.1, 0.15) is 0 Å². The molecule has 0 bridgehead atoms. The normalized spacial score (nSPS) is 21.2. The summed E-state index contributed by atoms with van der Waals surface area (Å²) in [5, 5.41) is 3.03. The lowest BCUT2D eigenvalue weighted by Crippen LogP contribution is -2.39. The van der Waals surface area contributed by atoms with Gasteiger partial charge in [0, 0.05) is 37.8 Å². The quantitative estimate of drug-likeness (QED) is 0.764. The van der Waals surface area contributed by atoms with Crippen LogP contribution in [-0.2, 0) is 16.0 Å². The molecule has 0 spiro atoms. The van der Waals surface area contributed by atoms with Gasteiger partial charge in [0.05, 0.1) is 6.42 Å². The number of nitrogens with one attached hydrogen (secondary N) is 1. The van der Waals surface area contributed by atoms with Crippen LogP contribution in [0.2, 0.25) is 0 Å². The van der Waals surface area contributed by atoms with Gasteiger partial charge in [0.25, 0.3) is 0 Å². The molecule has 3 rings (SSSR count). The molecule has 2 heterocycles. The van der Waals surface area contributed by atoms with Gasteiger partial charge in [0.15, 0.2) is 0 Å². The van der Waals surface area contributed by atoms with Crippen molar-refractivity contribution in [2.75, 3.05) is 31.1 Å². The van der Waals surface area contributed by atoms with E-state index >= 15 is 0 Å². The lowest BCUT2D eigenvalue weighted by molar-refractivity contribution is -0.120. The zero-order chi connectivity index (χ0) is 18.4. The third-order valence-electron chi connectivity index (χ3n) is 5.57. The Morgan fingerprint density at radius 2 is 1.96 bits per heavy atom. The number of likely N-dealkylation sites (tertiary alicyclic amines) is 1. The Kier molecular flexibility index (Phi) is 6.67. The first-order valence-electron chi connectivity index (χ1n) is 10.0. The second-order valence-electron chi connectivity index (χ2n) is 7.58. The fraction of sp³-hybridized carbons (Fsp3) is 0.619. The molecule has 2 aliphatic heterocycles. The Morgan fingerprint density at radius 1 is 1.15 bits per heavy atom. The number of hydrogen-bond acceptors (Lipinski definition) is 3. The molecular weight excluding hydrogens is 326 g/mol. The van der Waals surface area contributed by atoms with Crippen molar-refractivity contribution >= 4 is 17.5 Å². The van der Waals surface area contributed by atoms with Crippen LogP contribution in [0.4, 0.5) is 5.69 Å². The molecule has 1 unspecified atom stereocenters. The van der Waals surface area contributed by atoms with Gasteiger partial charge in [-0.15, -0.1) is 0 Å². The van der Waals surface area contributed by atoms with E-state index in [-0.39, 0.29) is 11.8 Å². The van der Waals surface area contributed by atoms with Gasteiger partial charge in [-0.25, -0.2) is 0 Å². The van der Waals surface area contributed by atoms with E-state index in [0.29, 0.717) is 18.9 Å². The van der Waals surface area contributed by atoms with Gasteiger partial charge in [-0.05, 0) is 56.8 Å². The number of anilines is 1. The molecule has 0 aromatic heterocycles. The summed E-state index contributed by atoms with van der Waals surface area (Å²) in [7, 11) is 0. The molecule has 1 atom stereocenters. The largest absolute Gasteiger partial charge is 0.356 e. The maximum absolute atomic E-state index is 12.1. The van der Waals surface area contributed by atoms with Gasteiger partial charge in [-0.2, -0.15) is 0 Å². The number of carbonyl (C=O) groups is 2. The van der Waals surface area contributed by atoms with Crippen molar-refractivity contribution in [1.29, 1.82) is 0 Å². The van der Waals surface area contributed by atoms with Crippen molar-refractivity contribution in [3.05, 3.63) is 29.8 Å². The molecule has 26 heavy (non-hydrogen) atoms. The van der Waals surface area contributed by atoms with Crippen molar-refractivity contribution < 1.29 is 9.59 Å². The third kappa shape index (κ3) is 5.07. The average Bonchev–Trinajstić information content (AvgIpc) is 3.07. The van der Waals surface area contributed by atoms with Crippen LogP contribution in [0, 0.1) is 0 Å². The lowest BCUT2D eigenvalue weighted by Gasteiger charge is -2.33. The van der Waals surface area contributed by atoms with E-state index in [0.717, 1.165) is 43.7 Å². The minimum absolute atomic E-state index is 0.0710. The van der Waals surface area contributed by atoms with Crippen LogP contribution >= 0.6 is 0 Å². The summed E-state index contributed by atoms with van der Waals surface area (Å²) in [4.78, 5) is 28.3. The van der Waals surface area contributed by atoms with Gasteiger partial charge in [-0.1, -0.05) is 18.6 Å². The number of benzene rings is 1. The Balaban J connectivity index is 1.37. The number of carbonyl (C=O) groups excluding carboxylic acids is 2. The summed E-state index contributed by atoms with van der Waals surface area (Å²) in [6.07, 6.45) is 6.92. The van der Waals surface area contributed by atoms with Crippen molar-refractivity contribution in [1.82, 2.24) is 10.2 Å². The molecule has 1 aromatic carbocycles. The van der Waals surface area contributed by atoms with Crippen LogP contribution in [0.3, 0.4) is 0 Å². The molecule has 0 radical (unpaired) electrons. The maximum atomic E-state index is 12.1. The summed E-state index contributed by atoms with van der Waals surface area (Å²) in [5.41, 5.74) is 1.93. The first kappa shape index (κ1) is 18.9. The average molecular weight is 357 g/mol. The standard InChI is InChI=1S/C21H31N3O2/c1-17-6-2-3-13-23(17)14-5-12-22-20(25)16-18-8-10-19(11-9-18)24-15-4-7-21(24)26/h8-11,17H,2-7,12-16H2,1H3,(H,22,25). The smallest absolute Gasteiger partial charge is 0.227 e. The topological polar surface area (TPSA) is 52.7 Å². The Bertz CT molecular complexity index is 614. The van der Waals surface area contributed by atoms with Crippen LogP contribution < -0.4 is 10.2 Å². The van der Waals surface area contributed by atoms with E-state index < -0.39 is 0 Å². The van der Waals surface area contributed by atoms with Gasteiger partial charge in [0.2, 0.25) is 11.8 Å². The van der Waals surface area contributed by atoms with Crippen LogP contribution in [0.5, 0.6) is 0 Å². The van der Waals surface area contributed by atoms with Crippen molar-refractivity contribution in [3.63, 3.8) is 0 Å². The number of amides is 2. The molecule has 0 saturated carbocycles. The number of hydrogen-bond donors (Lipinski definition) is 1. The number of rotatable bonds is 7. The van der Waals surface area contributed by atoms with E-state index in [1.54, 1.807) is 0 Å². The fourth-order valence-electron chi connectivity index (χ4n) is 3.96. The van der Waals surface area contributed by atoms with E-state index in [1.807, 2.05) is 29.2 Å². The van der Waals surface area contributed by atoms with E-state index in [1.165, 1.54) is 25.8 Å². The van der Waals surface area contributed by atoms with Crippen LogP contribution in [-0.4, -0.2) is 48.9 Å². The van der Waals surface area contributed by atoms with Gasteiger partial charge >= 0.3 is 0 Å². The third-order valence-corrected chi connectivity index (χ3v) is 5.57. The highest BCUT2D eigenvalue weighted by atomic mass is 16.2. The highest BCUT2D eigenvalue weighted by molar-refractivity contribution is 5.95. The van der Waals surface area contributed by atoms with Crippen molar-refractivity contribution in [2.24, 2.45) is 0 Å². The molecule has 142 valence electrons. The van der Waals surface area contributed by atoms with E-state index in [2.05, 4.69) is 17.1 Å². The van der Waals surface area contributed by atoms with Gasteiger partial charge < -0.3 is 15.1 Å². The zero-order valence-corrected chi connectivity index (χ0v) is 15.9. The number of piperidine rings is 1. The Labute approximate surface area is 156 Å². The van der Waals surface area contributed by atoms with Crippen LogP contribution in [0.25, 0.3) is 0 Å². The van der Waals surface area contributed by atoms with Crippen molar-refractivity contribution in [3.8, 4) is 0 Å². The summed E-state index contributed by atoms with van der Waals surface area (Å²) < 4.78 is 0. The maximum Gasteiger partial charge on any atom is 0.227 e. The molecule has 2 aliphatic rings. The second-order valence-corrected chi connectivity index (χ2v) is 7.58. The summed E-state index contributed by atoms with van der Waals surface area (Å²) in [6.45, 7) is 6.11. The molecule has 2 fully saturated rings. The minimum atomic E-state index is 0.0710. The van der Waals surface area contributed by atoms with E-state index in [9.17, 15) is 9.59 Å². The summed E-state index contributed by atoms with van der Waals surface area (Å²) in [5.74, 6) is 0.264. The summed E-state index contributed by atoms with van der Waals surface area (Å²) in [6, 6.07) is 8.49. The molecular formula is C21H31N3O2. The number of nitrogens with zero attached hydrogens (tertiary/aromatic N) is 2. The SMILES string of the molecule is CC1CCCCN1CCCNC(=O)Cc1ccc(N2CCCC2=O)cc1. The molecule has 2 amide bonds. The summed E-state index contributed by atoms with van der Waals surface area (Å²) >= 11 is 0. The first-order valence-corrected chi connectivity index (χ1v) is 10.0. The molecule has 2 saturated heterocycles. The molecule has 1 N–H and O–H groups in total. The van der Waals surface area contributed by atoms with Crippen LogP contribution in [0.1, 0.15) is 51.0 Å². The van der Waals surface area contributed by atoms with Crippen molar-refractivity contribution in [2.45, 2.75) is 57.9 Å². The predicted molar refractivity (Wildman–Crippen MR) is 104 cm³/mol. The highest BCUT2D eigenvalue weighted by Gasteiger charge is 2.21. The first-order chi connectivity index (χ1) is 12.6. The van der Waals surface area contributed by atoms with Gasteiger partial charge in [-0.3, -0.25) is 9.59 Å². The predicted octanol–water partition coefficient (Wildman–Crippen LogP) is 2.74. The fourth-order valence-corrected chi connectivity index (χ4v) is 3.96. The molecule has 1 aromatic rings. The zero-order valence-electron chi connectivity index (χ0n) is 15.9. The molecule has 0 aliphatic carbocycles. The minimum Gasteiger partial charge on any atom is -0.356 e. The van der Waals surface area contributed by atoms with E-state index in [4.69, 9.17) is 0 Å². The second kappa shape index (κ2) is 9.17. The Morgan fingerprint density at radius 3 is 2.65 bits per heavy atom. The Hall–Kier alpha value is -1.88. The lowest BCUT2D eigenvalue weighted by atomic mass is 10.0. The highest BCUT2D eigenvalue weighted by Crippen LogP contribution is 2.21. The molecule has 5 nitrogen and oxygen atoms in total. The van der Waals surface area contributed by atoms with Crippen LogP contribution in [0.15, 0.2) is 24.3 Å². The monoisotopic (exact) mass is 357 g/mol.